The monoisotopic (exact) mass is 410 g/mol. The lowest BCUT2D eigenvalue weighted by Crippen LogP contribution is -2.56. The quantitative estimate of drug-likeness (QED) is 0.635. The second kappa shape index (κ2) is 7.13. The molecule has 1 N–H and O–H groups in total. The predicted molar refractivity (Wildman–Crippen MR) is 108 cm³/mol. The van der Waals surface area contributed by atoms with Gasteiger partial charge in [-0.15, -0.1) is 0 Å². The number of fused-ring (bicyclic) bond motifs is 3. The zero-order valence-corrected chi connectivity index (χ0v) is 16.4. The van der Waals surface area contributed by atoms with Gasteiger partial charge >= 0.3 is 0 Å². The number of piperidine rings is 1. The molecule has 2 heterocycles. The molecule has 30 heavy (non-hydrogen) atoms. The third kappa shape index (κ3) is 3.25. The molecule has 0 aliphatic carbocycles. The Hall–Kier alpha value is -2.86. The van der Waals surface area contributed by atoms with Gasteiger partial charge in [0.2, 0.25) is 5.91 Å². The SMILES string of the molecule is O=C1Cc2cc3ccccc3cc2C2(CCN(Cc3cc(F)c(F)c(F)c3)CC2)N1. The van der Waals surface area contributed by atoms with Crippen molar-refractivity contribution in [3.63, 3.8) is 0 Å². The van der Waals surface area contributed by atoms with Crippen molar-refractivity contribution in [3.05, 3.63) is 82.7 Å². The first-order chi connectivity index (χ1) is 14.4. The van der Waals surface area contributed by atoms with E-state index in [4.69, 9.17) is 0 Å². The summed E-state index contributed by atoms with van der Waals surface area (Å²) in [4.78, 5) is 14.6. The van der Waals surface area contributed by atoms with Crippen LogP contribution in [0, 0.1) is 17.5 Å². The minimum atomic E-state index is -1.44. The lowest BCUT2D eigenvalue weighted by molar-refractivity contribution is -0.124. The number of carbonyl (C=O) groups excluding carboxylic acids is 1. The van der Waals surface area contributed by atoms with Gasteiger partial charge in [0, 0.05) is 19.6 Å². The van der Waals surface area contributed by atoms with Crippen LogP contribution in [0.15, 0.2) is 48.5 Å². The zero-order chi connectivity index (χ0) is 20.9. The molecular formula is C24H21F3N2O. The maximum atomic E-state index is 13.5. The van der Waals surface area contributed by atoms with Crippen LogP contribution >= 0.6 is 0 Å². The Kier molecular flexibility index (Phi) is 4.54. The fourth-order valence-electron chi connectivity index (χ4n) is 4.88. The molecular weight excluding hydrogens is 389 g/mol. The molecule has 6 heteroatoms. The summed E-state index contributed by atoms with van der Waals surface area (Å²) in [7, 11) is 0. The van der Waals surface area contributed by atoms with Crippen molar-refractivity contribution in [3.8, 4) is 0 Å². The Morgan fingerprint density at radius 1 is 0.933 bits per heavy atom. The van der Waals surface area contributed by atoms with Crippen LogP contribution in [-0.2, 0) is 23.3 Å². The molecule has 0 atom stereocenters. The molecule has 1 amide bonds. The molecule has 2 aliphatic rings. The second-order valence-electron chi connectivity index (χ2n) is 8.31. The van der Waals surface area contributed by atoms with Crippen LogP contribution in [0.1, 0.15) is 29.5 Å². The number of nitrogens with zero attached hydrogens (tertiary/aromatic N) is 1. The van der Waals surface area contributed by atoms with Crippen molar-refractivity contribution in [1.29, 1.82) is 0 Å². The Morgan fingerprint density at radius 2 is 1.57 bits per heavy atom. The minimum absolute atomic E-state index is 0.0221. The maximum absolute atomic E-state index is 13.5. The van der Waals surface area contributed by atoms with E-state index in [0.29, 0.717) is 44.5 Å². The van der Waals surface area contributed by atoms with Crippen LogP contribution in [0.25, 0.3) is 10.8 Å². The molecule has 3 aromatic rings. The van der Waals surface area contributed by atoms with E-state index in [9.17, 15) is 18.0 Å². The summed E-state index contributed by atoms with van der Waals surface area (Å²) in [6.45, 7) is 1.66. The van der Waals surface area contributed by atoms with Crippen molar-refractivity contribution in [1.82, 2.24) is 10.2 Å². The molecule has 0 bridgehead atoms. The van der Waals surface area contributed by atoms with Gasteiger partial charge in [-0.3, -0.25) is 9.69 Å². The highest BCUT2D eigenvalue weighted by atomic mass is 19.2. The van der Waals surface area contributed by atoms with Crippen molar-refractivity contribution >= 4 is 16.7 Å². The van der Waals surface area contributed by atoms with Crippen LogP contribution in [-0.4, -0.2) is 23.9 Å². The van der Waals surface area contributed by atoms with Gasteiger partial charge in [0.1, 0.15) is 0 Å². The standard InChI is InChI=1S/C24H21F3N2O/c25-20-9-15(10-21(26)23(20)27)14-29-7-5-24(6-8-29)19-12-17-4-2-1-3-16(17)11-18(19)13-22(30)28-24/h1-4,9-12H,5-8,13-14H2,(H,28,30). The number of likely N-dealkylation sites (tertiary alicyclic amines) is 1. The van der Waals surface area contributed by atoms with Gasteiger partial charge in [0.05, 0.1) is 12.0 Å². The maximum Gasteiger partial charge on any atom is 0.225 e. The molecule has 0 radical (unpaired) electrons. The molecule has 1 fully saturated rings. The van der Waals surface area contributed by atoms with Crippen LogP contribution in [0.4, 0.5) is 13.2 Å². The molecule has 1 saturated heterocycles. The third-order valence-electron chi connectivity index (χ3n) is 6.38. The van der Waals surface area contributed by atoms with Crippen molar-refractivity contribution in [2.24, 2.45) is 0 Å². The largest absolute Gasteiger partial charge is 0.346 e. The van der Waals surface area contributed by atoms with E-state index in [1.54, 1.807) is 0 Å². The van der Waals surface area contributed by atoms with E-state index >= 15 is 0 Å². The van der Waals surface area contributed by atoms with Crippen LogP contribution < -0.4 is 5.32 Å². The van der Waals surface area contributed by atoms with Crippen molar-refractivity contribution in [2.45, 2.75) is 31.3 Å². The first-order valence-electron chi connectivity index (χ1n) is 10.1. The fourth-order valence-corrected chi connectivity index (χ4v) is 4.88. The van der Waals surface area contributed by atoms with Gasteiger partial charge in [-0.2, -0.15) is 0 Å². The summed E-state index contributed by atoms with van der Waals surface area (Å²) in [6, 6.07) is 14.5. The molecule has 3 aromatic carbocycles. The predicted octanol–water partition coefficient (Wildman–Crippen LogP) is 4.42. The van der Waals surface area contributed by atoms with E-state index in [0.717, 1.165) is 28.5 Å². The normalized spacial score (nSPS) is 18.4. The molecule has 0 aromatic heterocycles. The number of nitrogens with one attached hydrogen (secondary N) is 1. The summed E-state index contributed by atoms with van der Waals surface area (Å²) >= 11 is 0. The van der Waals surface area contributed by atoms with Gasteiger partial charge in [0.15, 0.2) is 17.5 Å². The average molecular weight is 410 g/mol. The van der Waals surface area contributed by atoms with Gasteiger partial charge in [-0.25, -0.2) is 13.2 Å². The van der Waals surface area contributed by atoms with Crippen molar-refractivity contribution in [2.75, 3.05) is 13.1 Å². The average Bonchev–Trinajstić information content (AvgIpc) is 2.72. The molecule has 5 rings (SSSR count). The van der Waals surface area contributed by atoms with Crippen LogP contribution in [0.2, 0.25) is 0 Å². The summed E-state index contributed by atoms with van der Waals surface area (Å²) < 4.78 is 40.3. The second-order valence-corrected chi connectivity index (χ2v) is 8.31. The lowest BCUT2D eigenvalue weighted by atomic mass is 9.75. The van der Waals surface area contributed by atoms with Gasteiger partial charge in [-0.1, -0.05) is 30.3 Å². The van der Waals surface area contributed by atoms with Crippen LogP contribution in [0.3, 0.4) is 0 Å². The molecule has 2 aliphatic heterocycles. The topological polar surface area (TPSA) is 32.3 Å². The van der Waals surface area contributed by atoms with Gasteiger partial charge in [-0.05, 0) is 58.5 Å². The Balaban J connectivity index is 1.40. The highest BCUT2D eigenvalue weighted by molar-refractivity contribution is 5.89. The van der Waals surface area contributed by atoms with Gasteiger partial charge in [0.25, 0.3) is 0 Å². The number of benzene rings is 3. The third-order valence-corrected chi connectivity index (χ3v) is 6.38. The smallest absolute Gasteiger partial charge is 0.225 e. The summed E-state index contributed by atoms with van der Waals surface area (Å²) in [5.74, 6) is -3.75. The van der Waals surface area contributed by atoms with E-state index in [2.05, 4.69) is 34.5 Å². The summed E-state index contributed by atoms with van der Waals surface area (Å²) in [5.41, 5.74) is 2.21. The molecule has 154 valence electrons. The molecule has 1 spiro atoms. The van der Waals surface area contributed by atoms with E-state index < -0.39 is 23.0 Å². The van der Waals surface area contributed by atoms with Gasteiger partial charge < -0.3 is 5.32 Å². The number of amides is 1. The number of halogens is 3. The highest BCUT2D eigenvalue weighted by Gasteiger charge is 2.42. The van der Waals surface area contributed by atoms with E-state index in [-0.39, 0.29) is 5.91 Å². The van der Waals surface area contributed by atoms with Crippen LogP contribution in [0.5, 0.6) is 0 Å². The Bertz CT molecular complexity index is 1130. The fraction of sp³-hybridized carbons (Fsp3) is 0.292. The Morgan fingerprint density at radius 3 is 2.23 bits per heavy atom. The Labute approximate surface area is 172 Å². The van der Waals surface area contributed by atoms with Crippen molar-refractivity contribution < 1.29 is 18.0 Å². The number of hydrogen-bond acceptors (Lipinski definition) is 2. The molecule has 0 saturated carbocycles. The number of hydrogen-bond donors (Lipinski definition) is 1. The molecule has 3 nitrogen and oxygen atoms in total. The first kappa shape index (κ1) is 19.1. The minimum Gasteiger partial charge on any atom is -0.346 e. The highest BCUT2D eigenvalue weighted by Crippen LogP contribution is 2.40. The number of rotatable bonds is 2. The lowest BCUT2D eigenvalue weighted by Gasteiger charge is -2.46. The first-order valence-corrected chi connectivity index (χ1v) is 10.1. The molecule has 0 unspecified atom stereocenters. The summed E-state index contributed by atoms with van der Waals surface area (Å²) in [6.07, 6.45) is 1.78. The summed E-state index contributed by atoms with van der Waals surface area (Å²) in [5, 5.41) is 5.50. The zero-order valence-electron chi connectivity index (χ0n) is 16.4. The van der Waals surface area contributed by atoms with E-state index in [1.165, 1.54) is 5.56 Å². The van der Waals surface area contributed by atoms with E-state index in [1.807, 2.05) is 12.1 Å². The number of carbonyl (C=O) groups is 1.